The summed E-state index contributed by atoms with van der Waals surface area (Å²) in [6, 6.07) is 11.5. The molecule has 0 radical (unpaired) electrons. The number of benzene rings is 1. The third-order valence-electron chi connectivity index (χ3n) is 3.45. The van der Waals surface area contributed by atoms with Crippen LogP contribution in [0.25, 0.3) is 0 Å². The number of rotatable bonds is 7. The fraction of sp³-hybridized carbons (Fsp3) is 0.375. The van der Waals surface area contributed by atoms with E-state index in [-0.39, 0.29) is 5.82 Å². The standard InChI is InChI=1S/C16H21FN2S/c1-13(10-18-11-15-7-5-9-20-15)19(2)12-14-6-3-4-8-16(14)17/h3-9,13,18H,10-12H2,1-2H3. The van der Waals surface area contributed by atoms with E-state index in [0.717, 1.165) is 18.7 Å². The zero-order valence-electron chi connectivity index (χ0n) is 12.0. The van der Waals surface area contributed by atoms with Crippen molar-refractivity contribution in [3.63, 3.8) is 0 Å². The van der Waals surface area contributed by atoms with Crippen LogP contribution in [-0.4, -0.2) is 24.5 Å². The van der Waals surface area contributed by atoms with E-state index in [2.05, 4.69) is 34.7 Å². The normalized spacial score (nSPS) is 12.8. The molecule has 1 aromatic carbocycles. The molecule has 2 rings (SSSR count). The Bertz CT molecular complexity index is 513. The third kappa shape index (κ3) is 4.40. The van der Waals surface area contributed by atoms with Crippen LogP contribution in [0, 0.1) is 5.82 Å². The maximum absolute atomic E-state index is 13.6. The summed E-state index contributed by atoms with van der Waals surface area (Å²) in [5, 5.41) is 5.53. The molecule has 0 aliphatic carbocycles. The van der Waals surface area contributed by atoms with Crippen molar-refractivity contribution in [3.8, 4) is 0 Å². The number of hydrogen-bond acceptors (Lipinski definition) is 3. The van der Waals surface area contributed by atoms with E-state index < -0.39 is 0 Å². The predicted molar refractivity (Wildman–Crippen MR) is 83.4 cm³/mol. The number of halogens is 1. The summed E-state index contributed by atoms with van der Waals surface area (Å²) in [6.07, 6.45) is 0. The van der Waals surface area contributed by atoms with Gasteiger partial charge in [0.2, 0.25) is 0 Å². The molecule has 1 aromatic heterocycles. The monoisotopic (exact) mass is 292 g/mol. The van der Waals surface area contributed by atoms with Gasteiger partial charge in [-0.3, -0.25) is 4.90 Å². The Hall–Kier alpha value is -1.23. The third-order valence-corrected chi connectivity index (χ3v) is 4.33. The topological polar surface area (TPSA) is 15.3 Å². The molecule has 0 saturated heterocycles. The first-order valence-corrected chi connectivity index (χ1v) is 7.71. The van der Waals surface area contributed by atoms with Gasteiger partial charge in [0.15, 0.2) is 0 Å². The van der Waals surface area contributed by atoms with Crippen LogP contribution in [-0.2, 0) is 13.1 Å². The van der Waals surface area contributed by atoms with Gasteiger partial charge in [-0.25, -0.2) is 4.39 Å². The van der Waals surface area contributed by atoms with E-state index in [4.69, 9.17) is 0 Å². The second kappa shape index (κ2) is 7.53. The summed E-state index contributed by atoms with van der Waals surface area (Å²) in [4.78, 5) is 3.51. The van der Waals surface area contributed by atoms with Crippen molar-refractivity contribution in [2.24, 2.45) is 0 Å². The molecule has 1 atom stereocenters. The lowest BCUT2D eigenvalue weighted by atomic mass is 10.2. The minimum atomic E-state index is -0.127. The van der Waals surface area contributed by atoms with E-state index in [1.807, 2.05) is 19.2 Å². The molecule has 108 valence electrons. The van der Waals surface area contributed by atoms with Gasteiger partial charge in [-0.2, -0.15) is 0 Å². The molecule has 1 N–H and O–H groups in total. The average Bonchev–Trinajstić information content (AvgIpc) is 2.94. The highest BCUT2D eigenvalue weighted by Crippen LogP contribution is 2.11. The average molecular weight is 292 g/mol. The SMILES string of the molecule is CC(CNCc1cccs1)N(C)Cc1ccccc1F. The molecule has 2 aromatic rings. The smallest absolute Gasteiger partial charge is 0.127 e. The second-order valence-corrected chi connectivity index (χ2v) is 6.10. The lowest BCUT2D eigenvalue weighted by Gasteiger charge is -2.25. The second-order valence-electron chi connectivity index (χ2n) is 5.07. The van der Waals surface area contributed by atoms with Gasteiger partial charge in [-0.1, -0.05) is 24.3 Å². The zero-order chi connectivity index (χ0) is 14.4. The van der Waals surface area contributed by atoms with E-state index in [9.17, 15) is 4.39 Å². The zero-order valence-corrected chi connectivity index (χ0v) is 12.8. The van der Waals surface area contributed by atoms with Crippen molar-refractivity contribution in [2.75, 3.05) is 13.6 Å². The van der Waals surface area contributed by atoms with Gasteiger partial charge in [0.05, 0.1) is 0 Å². The molecule has 1 heterocycles. The molecule has 0 saturated carbocycles. The van der Waals surface area contributed by atoms with Gasteiger partial charge in [-0.05, 0) is 31.5 Å². The first-order chi connectivity index (χ1) is 9.66. The highest BCUT2D eigenvalue weighted by Gasteiger charge is 2.11. The maximum atomic E-state index is 13.6. The molecule has 0 amide bonds. The molecule has 0 fully saturated rings. The highest BCUT2D eigenvalue weighted by atomic mass is 32.1. The molecule has 4 heteroatoms. The lowest BCUT2D eigenvalue weighted by Crippen LogP contribution is -2.37. The number of thiophene rings is 1. The Labute approximate surface area is 124 Å². The van der Waals surface area contributed by atoms with Crippen LogP contribution >= 0.6 is 11.3 Å². The van der Waals surface area contributed by atoms with Crippen molar-refractivity contribution in [1.82, 2.24) is 10.2 Å². The van der Waals surface area contributed by atoms with Crippen molar-refractivity contribution in [2.45, 2.75) is 26.1 Å². The minimum Gasteiger partial charge on any atom is -0.310 e. The van der Waals surface area contributed by atoms with Crippen molar-refractivity contribution in [1.29, 1.82) is 0 Å². The highest BCUT2D eigenvalue weighted by molar-refractivity contribution is 7.09. The molecule has 1 unspecified atom stereocenters. The Kier molecular flexibility index (Phi) is 5.71. The Morgan fingerprint density at radius 3 is 2.75 bits per heavy atom. The fourth-order valence-corrected chi connectivity index (χ4v) is 2.70. The Morgan fingerprint density at radius 2 is 2.05 bits per heavy atom. The molecule has 0 aliphatic heterocycles. The van der Waals surface area contributed by atoms with Gasteiger partial charge in [0.1, 0.15) is 5.82 Å². The molecular formula is C16H21FN2S. The van der Waals surface area contributed by atoms with Crippen molar-refractivity contribution < 1.29 is 4.39 Å². The molecule has 2 nitrogen and oxygen atoms in total. The van der Waals surface area contributed by atoms with Crippen molar-refractivity contribution in [3.05, 3.63) is 58.0 Å². The van der Waals surface area contributed by atoms with Crippen LogP contribution in [0.2, 0.25) is 0 Å². The first kappa shape index (κ1) is 15.2. The number of nitrogens with zero attached hydrogens (tertiary/aromatic N) is 1. The summed E-state index contributed by atoms with van der Waals surface area (Å²) < 4.78 is 13.6. The van der Waals surface area contributed by atoms with Crippen molar-refractivity contribution >= 4 is 11.3 Å². The summed E-state index contributed by atoms with van der Waals surface area (Å²) in [7, 11) is 2.03. The molecule has 20 heavy (non-hydrogen) atoms. The quantitative estimate of drug-likeness (QED) is 0.840. The van der Waals surface area contributed by atoms with Gasteiger partial charge in [0, 0.05) is 36.1 Å². The van der Waals surface area contributed by atoms with Crippen LogP contribution in [0.1, 0.15) is 17.4 Å². The van der Waals surface area contributed by atoms with Gasteiger partial charge < -0.3 is 5.32 Å². The number of nitrogens with one attached hydrogen (secondary N) is 1. The van der Waals surface area contributed by atoms with E-state index >= 15 is 0 Å². The first-order valence-electron chi connectivity index (χ1n) is 6.83. The molecule has 0 bridgehead atoms. The Balaban J connectivity index is 1.77. The van der Waals surface area contributed by atoms with Crippen LogP contribution in [0.15, 0.2) is 41.8 Å². The van der Waals surface area contributed by atoms with E-state index in [0.29, 0.717) is 12.6 Å². The number of hydrogen-bond donors (Lipinski definition) is 1. The minimum absolute atomic E-state index is 0.127. The van der Waals surface area contributed by atoms with Crippen LogP contribution in [0.4, 0.5) is 4.39 Å². The Morgan fingerprint density at radius 1 is 1.25 bits per heavy atom. The fourth-order valence-electron chi connectivity index (χ4n) is 2.02. The summed E-state index contributed by atoms with van der Waals surface area (Å²) in [6.45, 7) is 4.58. The largest absolute Gasteiger partial charge is 0.310 e. The maximum Gasteiger partial charge on any atom is 0.127 e. The van der Waals surface area contributed by atoms with Gasteiger partial charge in [-0.15, -0.1) is 11.3 Å². The summed E-state index contributed by atoms with van der Waals surface area (Å²) >= 11 is 1.76. The number of likely N-dealkylation sites (N-methyl/N-ethyl adjacent to an activating group) is 1. The molecule has 0 spiro atoms. The van der Waals surface area contributed by atoms with Crippen LogP contribution < -0.4 is 5.32 Å². The predicted octanol–water partition coefficient (Wildman–Crippen LogP) is 3.50. The van der Waals surface area contributed by atoms with Crippen LogP contribution in [0.5, 0.6) is 0 Å². The van der Waals surface area contributed by atoms with Gasteiger partial charge in [0.25, 0.3) is 0 Å². The molecule has 0 aliphatic rings. The van der Waals surface area contributed by atoms with Crippen LogP contribution in [0.3, 0.4) is 0 Å². The molecular weight excluding hydrogens is 271 g/mol. The lowest BCUT2D eigenvalue weighted by molar-refractivity contribution is 0.239. The summed E-state index contributed by atoms with van der Waals surface area (Å²) in [5.41, 5.74) is 0.750. The van der Waals surface area contributed by atoms with E-state index in [1.54, 1.807) is 17.4 Å². The van der Waals surface area contributed by atoms with Gasteiger partial charge >= 0.3 is 0 Å². The summed E-state index contributed by atoms with van der Waals surface area (Å²) in [5.74, 6) is -0.127. The van der Waals surface area contributed by atoms with E-state index in [1.165, 1.54) is 10.9 Å².